The summed E-state index contributed by atoms with van der Waals surface area (Å²) in [5.74, 6) is -0.0933. The highest BCUT2D eigenvalue weighted by molar-refractivity contribution is 5.95. The van der Waals surface area contributed by atoms with Crippen LogP contribution in [0, 0.1) is 0 Å². The molecule has 0 heterocycles. The molecule has 6 heteroatoms. The molecule has 118 valence electrons. The van der Waals surface area contributed by atoms with Gasteiger partial charge in [0.15, 0.2) is 0 Å². The van der Waals surface area contributed by atoms with Crippen molar-refractivity contribution in [2.75, 3.05) is 45.4 Å². The molecule has 0 fully saturated rings. The molecule has 0 radical (unpaired) electrons. The van der Waals surface area contributed by atoms with Crippen molar-refractivity contribution >= 4 is 17.3 Å². The molecule has 0 saturated carbocycles. The van der Waals surface area contributed by atoms with E-state index >= 15 is 0 Å². The molecule has 0 aromatic heterocycles. The lowest BCUT2D eigenvalue weighted by Crippen LogP contribution is -2.34. The Bertz CT molecular complexity index is 487. The Morgan fingerprint density at radius 2 is 2.14 bits per heavy atom. The molecule has 1 amide bonds. The number of hydrogen-bond donors (Lipinski definition) is 3. The standard InChI is InChI=1S/C15H25N3O3/c1-15(20,7-8-21-4)10-17-13-9-11(5-6-12(13)16)14(19)18(2)3/h5-6,9,17,20H,7-8,10,16H2,1-4H3. The Kier molecular flexibility index (Phi) is 5.99. The van der Waals surface area contributed by atoms with E-state index in [1.807, 2.05) is 0 Å². The first-order chi connectivity index (χ1) is 9.76. The predicted octanol–water partition coefficient (Wildman–Crippen LogP) is 1.17. The summed E-state index contributed by atoms with van der Waals surface area (Å²) in [6.07, 6.45) is 0.507. The molecule has 0 spiro atoms. The van der Waals surface area contributed by atoms with Gasteiger partial charge in [-0.3, -0.25) is 4.79 Å². The molecule has 1 aromatic rings. The van der Waals surface area contributed by atoms with Crippen molar-refractivity contribution in [1.82, 2.24) is 4.90 Å². The first-order valence-corrected chi connectivity index (χ1v) is 6.83. The second kappa shape index (κ2) is 7.28. The number of nitrogens with one attached hydrogen (secondary N) is 1. The quantitative estimate of drug-likeness (QED) is 0.657. The van der Waals surface area contributed by atoms with Crippen LogP contribution in [0.3, 0.4) is 0 Å². The third kappa shape index (κ3) is 5.24. The van der Waals surface area contributed by atoms with Crippen LogP contribution in [-0.2, 0) is 4.74 Å². The number of hydrogen-bond acceptors (Lipinski definition) is 5. The average Bonchev–Trinajstić information content (AvgIpc) is 2.43. The molecule has 4 N–H and O–H groups in total. The Labute approximate surface area is 125 Å². The van der Waals surface area contributed by atoms with Crippen molar-refractivity contribution in [3.8, 4) is 0 Å². The Morgan fingerprint density at radius 3 is 2.71 bits per heavy atom. The minimum absolute atomic E-state index is 0.0933. The zero-order valence-electron chi connectivity index (χ0n) is 13.1. The number of aliphatic hydroxyl groups is 1. The second-order valence-corrected chi connectivity index (χ2v) is 5.59. The molecule has 1 rings (SSSR count). The van der Waals surface area contributed by atoms with Gasteiger partial charge in [-0.15, -0.1) is 0 Å². The molecule has 0 saturated heterocycles. The van der Waals surface area contributed by atoms with E-state index in [-0.39, 0.29) is 5.91 Å². The van der Waals surface area contributed by atoms with Gasteiger partial charge in [-0.1, -0.05) is 0 Å². The highest BCUT2D eigenvalue weighted by Gasteiger charge is 2.20. The van der Waals surface area contributed by atoms with E-state index in [4.69, 9.17) is 10.5 Å². The van der Waals surface area contributed by atoms with Gasteiger partial charge in [-0.2, -0.15) is 0 Å². The topological polar surface area (TPSA) is 87.8 Å². The second-order valence-electron chi connectivity index (χ2n) is 5.59. The van der Waals surface area contributed by atoms with Crippen LogP contribution in [0.1, 0.15) is 23.7 Å². The molecule has 1 unspecified atom stereocenters. The van der Waals surface area contributed by atoms with E-state index in [2.05, 4.69) is 5.32 Å². The fourth-order valence-electron chi connectivity index (χ4n) is 1.80. The fourth-order valence-corrected chi connectivity index (χ4v) is 1.80. The SMILES string of the molecule is COCCC(C)(O)CNc1cc(C(=O)N(C)C)ccc1N. The summed E-state index contributed by atoms with van der Waals surface area (Å²) in [4.78, 5) is 13.4. The Hall–Kier alpha value is -1.79. The Morgan fingerprint density at radius 1 is 1.48 bits per heavy atom. The maximum Gasteiger partial charge on any atom is 0.253 e. The van der Waals surface area contributed by atoms with Gasteiger partial charge in [-0.05, 0) is 25.1 Å². The number of rotatable bonds is 7. The lowest BCUT2D eigenvalue weighted by molar-refractivity contribution is 0.0358. The largest absolute Gasteiger partial charge is 0.397 e. The number of nitrogen functional groups attached to an aromatic ring is 1. The molecule has 0 bridgehead atoms. The van der Waals surface area contributed by atoms with E-state index in [1.165, 1.54) is 4.90 Å². The molecular formula is C15H25N3O3. The van der Waals surface area contributed by atoms with Crippen LogP contribution in [0.15, 0.2) is 18.2 Å². The van der Waals surface area contributed by atoms with Crippen LogP contribution in [0.4, 0.5) is 11.4 Å². The lowest BCUT2D eigenvalue weighted by atomic mass is 10.0. The number of nitrogens with zero attached hydrogens (tertiary/aromatic N) is 1. The van der Waals surface area contributed by atoms with E-state index in [0.29, 0.717) is 36.5 Å². The van der Waals surface area contributed by atoms with Crippen LogP contribution < -0.4 is 11.1 Å². The first kappa shape index (κ1) is 17.3. The summed E-state index contributed by atoms with van der Waals surface area (Å²) >= 11 is 0. The number of ether oxygens (including phenoxy) is 1. The maximum absolute atomic E-state index is 11.9. The van der Waals surface area contributed by atoms with Crippen LogP contribution in [0.5, 0.6) is 0 Å². The first-order valence-electron chi connectivity index (χ1n) is 6.83. The van der Waals surface area contributed by atoms with Gasteiger partial charge < -0.3 is 25.8 Å². The molecule has 0 aliphatic heterocycles. The van der Waals surface area contributed by atoms with E-state index in [0.717, 1.165) is 0 Å². The van der Waals surface area contributed by atoms with Gasteiger partial charge in [0.1, 0.15) is 0 Å². The summed E-state index contributed by atoms with van der Waals surface area (Å²) < 4.78 is 4.97. The highest BCUT2D eigenvalue weighted by Crippen LogP contribution is 2.22. The number of amides is 1. The average molecular weight is 295 g/mol. The maximum atomic E-state index is 11.9. The van der Waals surface area contributed by atoms with Crippen molar-refractivity contribution < 1.29 is 14.6 Å². The number of carbonyl (C=O) groups is 1. The summed E-state index contributed by atoms with van der Waals surface area (Å²) in [6.45, 7) is 2.52. The van der Waals surface area contributed by atoms with E-state index in [1.54, 1.807) is 46.3 Å². The summed E-state index contributed by atoms with van der Waals surface area (Å²) in [5.41, 5.74) is 6.71. The summed E-state index contributed by atoms with van der Waals surface area (Å²) in [7, 11) is 4.99. The van der Waals surface area contributed by atoms with Crippen LogP contribution in [-0.4, -0.2) is 55.9 Å². The molecule has 21 heavy (non-hydrogen) atoms. The fraction of sp³-hybridized carbons (Fsp3) is 0.533. The van der Waals surface area contributed by atoms with Crippen molar-refractivity contribution in [1.29, 1.82) is 0 Å². The predicted molar refractivity (Wildman–Crippen MR) is 84.5 cm³/mol. The van der Waals surface area contributed by atoms with Crippen molar-refractivity contribution in [3.63, 3.8) is 0 Å². The lowest BCUT2D eigenvalue weighted by Gasteiger charge is -2.24. The zero-order chi connectivity index (χ0) is 16.0. The van der Waals surface area contributed by atoms with Crippen molar-refractivity contribution in [2.24, 2.45) is 0 Å². The van der Waals surface area contributed by atoms with Gasteiger partial charge >= 0.3 is 0 Å². The number of nitrogens with two attached hydrogens (primary N) is 1. The Balaban J connectivity index is 2.79. The van der Waals surface area contributed by atoms with Gasteiger partial charge in [0.25, 0.3) is 5.91 Å². The number of methoxy groups -OCH3 is 1. The molecule has 1 aromatic carbocycles. The van der Waals surface area contributed by atoms with Crippen LogP contribution >= 0.6 is 0 Å². The third-order valence-corrected chi connectivity index (χ3v) is 3.21. The minimum atomic E-state index is -0.913. The van der Waals surface area contributed by atoms with E-state index < -0.39 is 5.60 Å². The number of benzene rings is 1. The third-order valence-electron chi connectivity index (χ3n) is 3.21. The normalized spacial score (nSPS) is 13.6. The summed E-state index contributed by atoms with van der Waals surface area (Å²) in [5, 5.41) is 13.3. The van der Waals surface area contributed by atoms with Crippen molar-refractivity contribution in [2.45, 2.75) is 18.9 Å². The molecule has 0 aliphatic rings. The monoisotopic (exact) mass is 295 g/mol. The van der Waals surface area contributed by atoms with E-state index in [9.17, 15) is 9.90 Å². The minimum Gasteiger partial charge on any atom is -0.397 e. The number of carbonyl (C=O) groups excluding carboxylic acids is 1. The summed E-state index contributed by atoms with van der Waals surface area (Å²) in [6, 6.07) is 5.07. The zero-order valence-corrected chi connectivity index (χ0v) is 13.1. The van der Waals surface area contributed by atoms with Crippen LogP contribution in [0.25, 0.3) is 0 Å². The molecular weight excluding hydrogens is 270 g/mol. The smallest absolute Gasteiger partial charge is 0.253 e. The molecule has 0 aliphatic carbocycles. The van der Waals surface area contributed by atoms with Crippen LogP contribution in [0.2, 0.25) is 0 Å². The van der Waals surface area contributed by atoms with Gasteiger partial charge in [-0.25, -0.2) is 0 Å². The van der Waals surface area contributed by atoms with Gasteiger partial charge in [0.2, 0.25) is 0 Å². The molecule has 6 nitrogen and oxygen atoms in total. The number of anilines is 2. The molecule has 1 atom stereocenters. The highest BCUT2D eigenvalue weighted by atomic mass is 16.5. The van der Waals surface area contributed by atoms with Crippen molar-refractivity contribution in [3.05, 3.63) is 23.8 Å². The van der Waals surface area contributed by atoms with Gasteiger partial charge in [0, 0.05) is 46.3 Å². The van der Waals surface area contributed by atoms with Gasteiger partial charge in [0.05, 0.1) is 17.0 Å².